The van der Waals surface area contributed by atoms with Crippen LogP contribution in [0.3, 0.4) is 0 Å². The molecule has 0 aromatic heterocycles. The smallest absolute Gasteiger partial charge is 0.311 e. The van der Waals surface area contributed by atoms with Gasteiger partial charge in [-0.2, -0.15) is 0 Å². The molecule has 17 heteroatoms. The van der Waals surface area contributed by atoms with Gasteiger partial charge in [-0.3, -0.25) is 4.79 Å². The first-order valence-corrected chi connectivity index (χ1v) is 20.7. The first kappa shape index (κ1) is 43.1. The van der Waals surface area contributed by atoms with Gasteiger partial charge in [-0.15, -0.1) is 0 Å². The van der Waals surface area contributed by atoms with E-state index in [-0.39, 0.29) is 44.8 Å². The molecule has 0 aliphatic carbocycles. The van der Waals surface area contributed by atoms with Gasteiger partial charge in [-0.25, -0.2) is 0 Å². The van der Waals surface area contributed by atoms with Crippen molar-refractivity contribution in [3.8, 4) is 0 Å². The SMILES string of the molecule is [2H]O[C@H]1[C@H](O[C@@H]2[C@@H](C)[C@H](O[C@H]3C[C@@](C)(OC)[C@@H](O[2H])[C@H](C)O3)[C@@H](C)C(=O)O[C@H](CC)[C@@](C)(O[2H])[C@H](O[2H])[C@@H](C)/C(=N/OCOCCOC)[C@H](C)C[C@@]2(C)O[2H])O[C@H](C)C[C@@H]1N(C)C. The highest BCUT2D eigenvalue weighted by molar-refractivity contribution is 5.88. The lowest BCUT2D eigenvalue weighted by molar-refractivity contribution is -0.317. The molecule has 3 saturated heterocycles. The molecule has 0 spiro atoms. The molecule has 0 amide bonds. The van der Waals surface area contributed by atoms with Gasteiger partial charge in [0.1, 0.15) is 23.9 Å². The lowest BCUT2D eigenvalue weighted by Crippen LogP contribution is -2.61. The molecule has 5 N–H and O–H groups in total. The summed E-state index contributed by atoms with van der Waals surface area (Å²) in [5.41, 5.74) is -4.02. The molecule has 3 aliphatic heterocycles. The summed E-state index contributed by atoms with van der Waals surface area (Å²) in [5.74, 6) is -4.14. The fourth-order valence-corrected chi connectivity index (χ4v) is 8.84. The number of aliphatic hydroxyl groups excluding tert-OH is 3. The third-order valence-electron chi connectivity index (χ3n) is 12.4. The van der Waals surface area contributed by atoms with Crippen molar-refractivity contribution in [2.45, 2.75) is 179 Å². The summed E-state index contributed by atoms with van der Waals surface area (Å²) in [6.45, 7) is 17.7. The van der Waals surface area contributed by atoms with Gasteiger partial charge in [0, 0.05) is 44.4 Å². The lowest BCUT2D eigenvalue weighted by atomic mass is 9.73. The lowest BCUT2D eigenvalue weighted by Gasteiger charge is -2.49. The highest BCUT2D eigenvalue weighted by Crippen LogP contribution is 2.41. The van der Waals surface area contributed by atoms with Gasteiger partial charge in [0.2, 0.25) is 13.9 Å². The topological polar surface area (TPSA) is 217 Å². The number of esters is 1. The number of aliphatic hydroxyl groups is 5. The average molecular weight is 842 g/mol. The van der Waals surface area contributed by atoms with Gasteiger partial charge in [0.15, 0.2) is 12.6 Å². The predicted molar refractivity (Wildman–Crippen MR) is 212 cm³/mol. The van der Waals surface area contributed by atoms with Gasteiger partial charge in [0.25, 0.3) is 0 Å². The third kappa shape index (κ3) is 12.1. The zero-order chi connectivity index (χ0) is 47.4. The van der Waals surface area contributed by atoms with E-state index in [2.05, 4.69) is 5.16 Å². The number of methoxy groups -OCH3 is 2. The van der Waals surface area contributed by atoms with E-state index in [1.165, 1.54) is 14.0 Å². The highest BCUT2D eigenvalue weighted by atomic mass is 16.7. The molecule has 58 heavy (non-hydrogen) atoms. The Kier molecular flexibility index (Phi) is 16.0. The van der Waals surface area contributed by atoms with E-state index in [1.807, 2.05) is 32.8 Å². The van der Waals surface area contributed by atoms with E-state index in [0.717, 1.165) is 0 Å². The summed E-state index contributed by atoms with van der Waals surface area (Å²) in [6.07, 6.45) is -8.73. The first-order valence-electron chi connectivity index (χ1n) is 22.7. The van der Waals surface area contributed by atoms with Crippen molar-refractivity contribution >= 4 is 11.7 Å². The molecular weight excluding hydrogens is 760 g/mol. The summed E-state index contributed by atoms with van der Waals surface area (Å²) in [6, 6.07) is -0.298. The van der Waals surface area contributed by atoms with E-state index in [4.69, 9.17) is 75.4 Å². The van der Waals surface area contributed by atoms with Crippen LogP contribution in [0.5, 0.6) is 0 Å². The molecule has 0 unspecified atom stereocenters. The number of hydrogen-bond donors (Lipinski definition) is 5. The Morgan fingerprint density at radius 2 is 1.66 bits per heavy atom. The van der Waals surface area contributed by atoms with Crippen LogP contribution in [0, 0.1) is 23.7 Å². The Balaban J connectivity index is 2.34. The number of likely N-dealkylation sites (N-methyl/N-ethyl adjacent to an activating group) is 1. The van der Waals surface area contributed by atoms with Crippen LogP contribution in [0.25, 0.3) is 0 Å². The maximum atomic E-state index is 14.7. The van der Waals surface area contributed by atoms with Crippen LogP contribution < -0.4 is 0 Å². The van der Waals surface area contributed by atoms with E-state index in [1.54, 1.807) is 55.6 Å². The molecule has 0 bridgehead atoms. The normalized spacial score (nSPS) is 46.9. The van der Waals surface area contributed by atoms with Crippen LogP contribution in [-0.2, 0) is 47.5 Å². The van der Waals surface area contributed by atoms with Gasteiger partial charge in [-0.1, -0.05) is 32.9 Å². The maximum Gasteiger partial charge on any atom is 0.311 e. The summed E-state index contributed by atoms with van der Waals surface area (Å²) < 4.78 is 90.6. The van der Waals surface area contributed by atoms with Crippen LogP contribution in [0.1, 0.15) is 94.9 Å². The number of carbonyl (C=O) groups excluding carboxylic acids is 1. The van der Waals surface area contributed by atoms with E-state index in [9.17, 15) is 4.79 Å². The first-order chi connectivity index (χ1) is 29.7. The summed E-state index contributed by atoms with van der Waals surface area (Å²) >= 11 is 0. The van der Waals surface area contributed by atoms with Crippen LogP contribution in [-0.4, -0.2) is 182 Å². The van der Waals surface area contributed by atoms with Crippen molar-refractivity contribution in [1.82, 2.24) is 4.90 Å². The predicted octanol–water partition coefficient (Wildman–Crippen LogP) is 2.21. The summed E-state index contributed by atoms with van der Waals surface area (Å²) in [5, 5.41) is 31.4. The number of oxime groups is 1. The van der Waals surface area contributed by atoms with Crippen LogP contribution in [0.4, 0.5) is 0 Å². The van der Waals surface area contributed by atoms with Crippen molar-refractivity contribution in [3.63, 3.8) is 0 Å². The Morgan fingerprint density at radius 1 is 0.931 bits per heavy atom. The molecule has 18 atom stereocenters. The molecular formula is C41H76N2O15. The summed E-state index contributed by atoms with van der Waals surface area (Å²) in [4.78, 5) is 22.3. The molecule has 3 heterocycles. The van der Waals surface area contributed by atoms with E-state index >= 15 is 0 Å². The van der Waals surface area contributed by atoms with Crippen molar-refractivity contribution in [2.24, 2.45) is 28.8 Å². The minimum absolute atomic E-state index is 0.0154. The Morgan fingerprint density at radius 3 is 2.24 bits per heavy atom. The molecule has 17 nitrogen and oxygen atoms in total. The zero-order valence-corrected chi connectivity index (χ0v) is 37.1. The molecule has 0 aromatic rings. The molecule has 3 aliphatic rings. The van der Waals surface area contributed by atoms with Crippen LogP contribution >= 0.6 is 0 Å². The molecule has 3 rings (SSSR count). The van der Waals surface area contributed by atoms with Crippen molar-refractivity contribution < 1.29 is 73.1 Å². The number of ether oxygens (including phenoxy) is 8. The van der Waals surface area contributed by atoms with E-state index in [0.29, 0.717) is 18.7 Å². The fourth-order valence-electron chi connectivity index (χ4n) is 8.84. The molecule has 0 aromatic carbocycles. The number of rotatable bonds is 18. The van der Waals surface area contributed by atoms with Crippen molar-refractivity contribution in [1.29, 1.82) is 7.16 Å². The zero-order valence-electron chi connectivity index (χ0n) is 42.1. The second-order valence-corrected chi connectivity index (χ2v) is 17.6. The fraction of sp³-hybridized carbons (Fsp3) is 0.951. The highest BCUT2D eigenvalue weighted by Gasteiger charge is 2.53. The second kappa shape index (κ2) is 21.5. The second-order valence-electron chi connectivity index (χ2n) is 17.6. The minimum atomic E-state index is -1.73. The number of hydrogen-bond acceptors (Lipinski definition) is 17. The minimum Gasteiger partial charge on any atom is -0.459 e. The van der Waals surface area contributed by atoms with Gasteiger partial charge in [-0.05, 0) is 74.9 Å². The van der Waals surface area contributed by atoms with Gasteiger partial charge < -0.3 is 73.2 Å². The van der Waals surface area contributed by atoms with Crippen LogP contribution in [0.2, 0.25) is 0 Å². The maximum absolute atomic E-state index is 14.7. The van der Waals surface area contributed by atoms with E-state index < -0.39 is 102 Å². The van der Waals surface area contributed by atoms with Crippen LogP contribution in [0.15, 0.2) is 5.16 Å². The molecule has 340 valence electrons. The Hall–Kier alpha value is -1.58. The average Bonchev–Trinajstić information content (AvgIpc) is 3.24. The Labute approximate surface area is 353 Å². The third-order valence-corrected chi connectivity index (χ3v) is 12.4. The van der Waals surface area contributed by atoms with Crippen molar-refractivity contribution in [3.05, 3.63) is 0 Å². The van der Waals surface area contributed by atoms with Gasteiger partial charge >= 0.3 is 5.97 Å². The molecule has 0 saturated carbocycles. The largest absolute Gasteiger partial charge is 0.459 e. The number of carbonyl (C=O) groups is 1. The van der Waals surface area contributed by atoms with Crippen molar-refractivity contribution in [2.75, 3.05) is 48.3 Å². The summed E-state index contributed by atoms with van der Waals surface area (Å²) in [7, 11) is 6.80. The quantitative estimate of drug-likeness (QED) is 0.0579. The number of nitrogens with zero attached hydrogens (tertiary/aromatic N) is 2. The molecule has 0 radical (unpaired) electrons. The monoisotopic (exact) mass is 842 g/mol. The number of cyclic esters (lactones) is 1. The molecule has 3 fully saturated rings. The Bertz CT molecular complexity index is 1420. The standard InChI is InChI=1S/C41H76N2O15/c1-15-29-41(10,49)34(45)24(4)31(42-53-21-52-17-16-50-13)22(2)19-39(8,48)36(58-38-32(44)28(43(11)12)18-23(3)54-38)25(5)33(26(6)37(47)56-29)57-30-20-40(9,51-14)35(46)27(7)55-30/h22-30,32-36,38,44-46,48-49H,15-21H2,1-14H3/b42-31+/t22-,23-,24+,25+,26-,27+,28+,29-,30+,32-,33+,34-,35+,36-,38+,39-,40-,41-/m1/s1/i44D,45D,46D,48D,49D. The van der Waals surface area contributed by atoms with Gasteiger partial charge in [0.05, 0.1) is 66.6 Å².